The molecule has 1 aliphatic heterocycles. The van der Waals surface area contributed by atoms with Crippen molar-refractivity contribution in [3.63, 3.8) is 0 Å². The van der Waals surface area contributed by atoms with E-state index in [1.54, 1.807) is 12.1 Å². The number of nitrogens with zero attached hydrogens (tertiary/aromatic N) is 1. The Morgan fingerprint density at radius 1 is 1.15 bits per heavy atom. The third kappa shape index (κ3) is 3.92. The number of hydrogen-bond donors (Lipinski definition) is 0. The molecule has 0 aromatic heterocycles. The summed E-state index contributed by atoms with van der Waals surface area (Å²) in [7, 11) is 0. The molecule has 2 aromatic rings. The number of hydrogen-bond acceptors (Lipinski definition) is 7. The molecule has 0 bridgehead atoms. The predicted octanol–water partition coefficient (Wildman–Crippen LogP) is 3.87. The first-order chi connectivity index (χ1) is 12.5. The van der Waals surface area contributed by atoms with Gasteiger partial charge in [-0.05, 0) is 18.2 Å². The number of rotatable bonds is 6. The van der Waals surface area contributed by atoms with Gasteiger partial charge in [0.2, 0.25) is 6.79 Å². The summed E-state index contributed by atoms with van der Waals surface area (Å²) in [6.07, 6.45) is 0. The summed E-state index contributed by atoms with van der Waals surface area (Å²) in [5, 5.41) is 11.9. The molecule has 3 rings (SSSR count). The molecule has 0 N–H and O–H groups in total. The zero-order valence-electron chi connectivity index (χ0n) is 13.1. The van der Waals surface area contributed by atoms with Crippen molar-refractivity contribution < 1.29 is 28.7 Å². The number of benzene rings is 2. The molecule has 136 valence electrons. The molecule has 0 fully saturated rings. The minimum absolute atomic E-state index is 0.00540. The Labute approximate surface area is 157 Å². The lowest BCUT2D eigenvalue weighted by atomic mass is 10.1. The molecule has 2 aromatic carbocycles. The van der Waals surface area contributed by atoms with E-state index in [1.807, 2.05) is 0 Å². The Morgan fingerprint density at radius 2 is 1.88 bits per heavy atom. The van der Waals surface area contributed by atoms with Crippen LogP contribution in [0.3, 0.4) is 0 Å². The molecule has 0 saturated carbocycles. The Morgan fingerprint density at radius 3 is 2.58 bits per heavy atom. The second-order valence-corrected chi connectivity index (χ2v) is 5.88. The summed E-state index contributed by atoms with van der Waals surface area (Å²) in [6.45, 7) is -0.199. The van der Waals surface area contributed by atoms with Crippen LogP contribution in [0.25, 0.3) is 0 Å². The van der Waals surface area contributed by atoms with E-state index < -0.39 is 16.6 Å². The smallest absolute Gasteiger partial charge is 0.345 e. The summed E-state index contributed by atoms with van der Waals surface area (Å²) in [4.78, 5) is 22.6. The fourth-order valence-electron chi connectivity index (χ4n) is 2.20. The summed E-state index contributed by atoms with van der Waals surface area (Å²) in [6, 6.07) is 7.04. The predicted molar refractivity (Wildman–Crippen MR) is 91.5 cm³/mol. The van der Waals surface area contributed by atoms with Crippen LogP contribution in [0, 0.1) is 10.1 Å². The van der Waals surface area contributed by atoms with Gasteiger partial charge in [-0.2, -0.15) is 0 Å². The second kappa shape index (κ2) is 7.67. The van der Waals surface area contributed by atoms with Crippen LogP contribution < -0.4 is 14.2 Å². The molecule has 0 radical (unpaired) electrons. The molecule has 0 atom stereocenters. The van der Waals surface area contributed by atoms with Gasteiger partial charge in [-0.3, -0.25) is 10.1 Å². The molecule has 26 heavy (non-hydrogen) atoms. The fourth-order valence-corrected chi connectivity index (χ4v) is 2.66. The van der Waals surface area contributed by atoms with E-state index in [9.17, 15) is 14.9 Å². The maximum atomic E-state index is 12.2. The van der Waals surface area contributed by atoms with E-state index in [2.05, 4.69) is 0 Å². The quantitative estimate of drug-likeness (QED) is 0.314. The van der Waals surface area contributed by atoms with Crippen LogP contribution in [0.5, 0.6) is 17.2 Å². The summed E-state index contributed by atoms with van der Waals surface area (Å²) < 4.78 is 20.6. The van der Waals surface area contributed by atoms with E-state index in [4.69, 9.17) is 42.1 Å². The van der Waals surface area contributed by atoms with Gasteiger partial charge in [-0.15, -0.1) is 0 Å². The summed E-state index contributed by atoms with van der Waals surface area (Å²) in [5.74, 6) is -0.0531. The highest BCUT2D eigenvalue weighted by Crippen LogP contribution is 2.38. The van der Waals surface area contributed by atoms with Crippen LogP contribution in [-0.2, 0) is 4.74 Å². The molecule has 1 heterocycles. The monoisotopic (exact) mass is 399 g/mol. The zero-order chi connectivity index (χ0) is 18.7. The van der Waals surface area contributed by atoms with Crippen molar-refractivity contribution in [1.82, 2.24) is 0 Å². The number of nitro groups is 1. The second-order valence-electron chi connectivity index (χ2n) is 5.04. The van der Waals surface area contributed by atoms with Gasteiger partial charge < -0.3 is 18.9 Å². The highest BCUT2D eigenvalue weighted by Gasteiger charge is 2.28. The largest absolute Gasteiger partial charge is 0.488 e. The Balaban J connectivity index is 1.62. The lowest BCUT2D eigenvalue weighted by molar-refractivity contribution is -0.385. The number of carbonyl (C=O) groups is 1. The lowest BCUT2D eigenvalue weighted by Crippen LogP contribution is -2.14. The lowest BCUT2D eigenvalue weighted by Gasteiger charge is -2.09. The van der Waals surface area contributed by atoms with Crippen LogP contribution in [0.15, 0.2) is 30.3 Å². The van der Waals surface area contributed by atoms with Crippen molar-refractivity contribution in [1.29, 1.82) is 0 Å². The van der Waals surface area contributed by atoms with Crippen molar-refractivity contribution in [3.8, 4) is 17.2 Å². The molecular weight excluding hydrogens is 389 g/mol. The van der Waals surface area contributed by atoms with Gasteiger partial charge in [-0.25, -0.2) is 4.79 Å². The number of halogens is 2. The van der Waals surface area contributed by atoms with Gasteiger partial charge >= 0.3 is 5.97 Å². The minimum Gasteiger partial charge on any atom is -0.488 e. The molecule has 0 aliphatic carbocycles. The van der Waals surface area contributed by atoms with Crippen molar-refractivity contribution in [3.05, 3.63) is 56.1 Å². The molecule has 10 heteroatoms. The van der Waals surface area contributed by atoms with Gasteiger partial charge in [0.25, 0.3) is 5.69 Å². The topological polar surface area (TPSA) is 97.1 Å². The van der Waals surface area contributed by atoms with Crippen LogP contribution in [0.2, 0.25) is 10.0 Å². The van der Waals surface area contributed by atoms with Gasteiger partial charge in [0.15, 0.2) is 11.5 Å². The van der Waals surface area contributed by atoms with Crippen molar-refractivity contribution in [2.24, 2.45) is 0 Å². The highest BCUT2D eigenvalue weighted by atomic mass is 35.5. The molecule has 1 aliphatic rings. The molecule has 0 saturated heterocycles. The zero-order valence-corrected chi connectivity index (χ0v) is 14.6. The van der Waals surface area contributed by atoms with E-state index in [0.717, 1.165) is 6.07 Å². The van der Waals surface area contributed by atoms with Crippen LogP contribution in [-0.4, -0.2) is 30.9 Å². The minimum atomic E-state index is -0.874. The maximum Gasteiger partial charge on any atom is 0.345 e. The summed E-state index contributed by atoms with van der Waals surface area (Å²) in [5.41, 5.74) is -0.662. The Bertz CT molecular complexity index is 872. The van der Waals surface area contributed by atoms with Crippen LogP contribution in [0.4, 0.5) is 5.69 Å². The number of ether oxygens (including phenoxy) is 4. The number of nitro benzene ring substituents is 1. The SMILES string of the molecule is O=C(OCCOc1ccc(Cl)cc1Cl)c1cc2c(cc1[N+](=O)[O-])OCO2. The van der Waals surface area contributed by atoms with Gasteiger partial charge in [-0.1, -0.05) is 23.2 Å². The third-order valence-electron chi connectivity index (χ3n) is 3.38. The van der Waals surface area contributed by atoms with Crippen LogP contribution >= 0.6 is 23.2 Å². The van der Waals surface area contributed by atoms with E-state index >= 15 is 0 Å². The van der Waals surface area contributed by atoms with Gasteiger partial charge in [0.05, 0.1) is 16.0 Å². The maximum absolute atomic E-state index is 12.2. The third-order valence-corrected chi connectivity index (χ3v) is 3.91. The van der Waals surface area contributed by atoms with Crippen LogP contribution in [0.1, 0.15) is 10.4 Å². The first-order valence-corrected chi connectivity index (χ1v) is 8.04. The first-order valence-electron chi connectivity index (χ1n) is 7.28. The fraction of sp³-hybridized carbons (Fsp3) is 0.188. The van der Waals surface area contributed by atoms with E-state index in [-0.39, 0.29) is 37.1 Å². The summed E-state index contributed by atoms with van der Waals surface area (Å²) >= 11 is 11.7. The number of esters is 1. The first kappa shape index (κ1) is 18.1. The molecule has 0 amide bonds. The molecule has 0 spiro atoms. The van der Waals surface area contributed by atoms with Gasteiger partial charge in [0.1, 0.15) is 24.5 Å². The van der Waals surface area contributed by atoms with Crippen molar-refractivity contribution in [2.75, 3.05) is 20.0 Å². The average molecular weight is 400 g/mol. The average Bonchev–Trinajstić information content (AvgIpc) is 3.06. The highest BCUT2D eigenvalue weighted by molar-refractivity contribution is 6.35. The molecule has 8 nitrogen and oxygen atoms in total. The molecule has 0 unspecified atom stereocenters. The van der Waals surface area contributed by atoms with Gasteiger partial charge in [0, 0.05) is 11.1 Å². The standard InChI is InChI=1S/C16H11Cl2NO7/c17-9-1-2-13(11(18)5-9)23-3-4-24-16(20)10-6-14-15(26-8-25-14)7-12(10)19(21)22/h1-2,5-7H,3-4,8H2. The Hall–Kier alpha value is -2.71. The van der Waals surface area contributed by atoms with E-state index in [1.165, 1.54) is 12.1 Å². The van der Waals surface area contributed by atoms with Crippen molar-refractivity contribution in [2.45, 2.75) is 0 Å². The van der Waals surface area contributed by atoms with Crippen molar-refractivity contribution >= 4 is 34.9 Å². The van der Waals surface area contributed by atoms with E-state index in [0.29, 0.717) is 15.8 Å². The molecular formula is C16H11Cl2NO7. The normalized spacial score (nSPS) is 11.9. The Kier molecular flexibility index (Phi) is 5.34. The number of fused-ring (bicyclic) bond motifs is 1. The number of carbonyl (C=O) groups excluding carboxylic acids is 1.